The van der Waals surface area contributed by atoms with Crippen molar-refractivity contribution in [1.29, 1.82) is 0 Å². The van der Waals surface area contributed by atoms with Crippen LogP contribution in [0.2, 0.25) is 0 Å². The van der Waals surface area contributed by atoms with Gasteiger partial charge in [-0.15, -0.1) is 0 Å². The molecule has 1 aromatic heterocycles. The van der Waals surface area contributed by atoms with Gasteiger partial charge in [0.2, 0.25) is 0 Å². The van der Waals surface area contributed by atoms with Crippen molar-refractivity contribution in [2.75, 3.05) is 0 Å². The lowest BCUT2D eigenvalue weighted by Crippen LogP contribution is -2.50. The van der Waals surface area contributed by atoms with Crippen LogP contribution < -0.4 is 15.0 Å². The number of H-pyrrole nitrogens is 1. The smallest absolute Gasteiger partial charge is 0.270 e. The van der Waals surface area contributed by atoms with E-state index >= 15 is 0 Å². The van der Waals surface area contributed by atoms with Gasteiger partial charge in [-0.05, 0) is 26.0 Å². The second-order valence-electron chi connectivity index (χ2n) is 6.06. The summed E-state index contributed by atoms with van der Waals surface area (Å²) in [6, 6.07) is 6.90. The van der Waals surface area contributed by atoms with E-state index in [1.54, 1.807) is 13.8 Å². The summed E-state index contributed by atoms with van der Waals surface area (Å²) in [5.74, 6) is 0.642. The van der Waals surface area contributed by atoms with E-state index in [1.807, 2.05) is 0 Å². The van der Waals surface area contributed by atoms with Crippen molar-refractivity contribution in [1.82, 2.24) is 4.98 Å². The number of aliphatic hydroxyl groups excluding tert-OH is 1. The summed E-state index contributed by atoms with van der Waals surface area (Å²) < 4.78 is 11.5. The van der Waals surface area contributed by atoms with E-state index in [1.165, 1.54) is 36.5 Å². The molecule has 8 nitrogen and oxygen atoms in total. The fourth-order valence-corrected chi connectivity index (χ4v) is 2.62. The molecule has 1 aliphatic heterocycles. The lowest BCUT2D eigenvalue weighted by molar-refractivity contribution is -0.385. The van der Waals surface area contributed by atoms with Crippen molar-refractivity contribution in [2.45, 2.75) is 31.7 Å². The minimum absolute atomic E-state index is 0.135. The predicted octanol–water partition coefficient (Wildman–Crippen LogP) is 1.94. The van der Waals surface area contributed by atoms with E-state index in [4.69, 9.17) is 9.47 Å². The van der Waals surface area contributed by atoms with Crippen LogP contribution in [0.15, 0.2) is 41.3 Å². The van der Waals surface area contributed by atoms with Crippen molar-refractivity contribution in [3.05, 3.63) is 62.6 Å². The monoisotopic (exact) mass is 332 g/mol. The van der Waals surface area contributed by atoms with Crippen molar-refractivity contribution in [2.24, 2.45) is 0 Å². The molecule has 2 aromatic rings. The van der Waals surface area contributed by atoms with Gasteiger partial charge < -0.3 is 19.6 Å². The van der Waals surface area contributed by atoms with Crippen LogP contribution in [0.25, 0.3) is 0 Å². The Balaban J connectivity index is 2.07. The van der Waals surface area contributed by atoms with E-state index < -0.39 is 22.7 Å². The Bertz CT molecular complexity index is 844. The van der Waals surface area contributed by atoms with E-state index in [0.717, 1.165) is 0 Å². The van der Waals surface area contributed by atoms with E-state index in [9.17, 15) is 20.0 Å². The van der Waals surface area contributed by atoms with Crippen LogP contribution in [0, 0.1) is 10.1 Å². The summed E-state index contributed by atoms with van der Waals surface area (Å²) in [6.07, 6.45) is -0.584. The number of aliphatic hydroxyl groups is 1. The van der Waals surface area contributed by atoms with Gasteiger partial charge in [0.25, 0.3) is 11.2 Å². The second-order valence-corrected chi connectivity index (χ2v) is 6.06. The lowest BCUT2D eigenvalue weighted by atomic mass is 9.88. The Morgan fingerprint density at radius 3 is 2.75 bits per heavy atom. The number of aromatic nitrogens is 1. The van der Waals surface area contributed by atoms with Crippen LogP contribution in [0.1, 0.15) is 25.5 Å². The number of nitrogens with zero attached hydrogens (tertiary/aromatic N) is 1. The Labute approximate surface area is 136 Å². The first-order chi connectivity index (χ1) is 11.3. The van der Waals surface area contributed by atoms with Crippen molar-refractivity contribution < 1.29 is 19.5 Å². The summed E-state index contributed by atoms with van der Waals surface area (Å²) in [6.45, 7) is 3.38. The number of rotatable bonds is 3. The number of pyridine rings is 1. The number of nitro benzene ring substituents is 1. The Kier molecular flexibility index (Phi) is 3.76. The zero-order valence-corrected chi connectivity index (χ0v) is 13.1. The predicted molar refractivity (Wildman–Crippen MR) is 84.2 cm³/mol. The maximum absolute atomic E-state index is 11.4. The van der Waals surface area contributed by atoms with Crippen molar-refractivity contribution >= 4 is 5.69 Å². The number of benzene rings is 1. The molecule has 0 amide bonds. The minimum atomic E-state index is -1.09. The van der Waals surface area contributed by atoms with Gasteiger partial charge in [-0.3, -0.25) is 14.9 Å². The third-order valence-corrected chi connectivity index (χ3v) is 3.89. The van der Waals surface area contributed by atoms with E-state index in [-0.39, 0.29) is 17.0 Å². The highest BCUT2D eigenvalue weighted by atomic mass is 16.6. The molecule has 0 unspecified atom stereocenters. The van der Waals surface area contributed by atoms with Gasteiger partial charge in [-0.1, -0.05) is 0 Å². The Hall–Kier alpha value is -2.87. The third-order valence-electron chi connectivity index (χ3n) is 3.89. The van der Waals surface area contributed by atoms with Gasteiger partial charge in [-0.2, -0.15) is 0 Å². The lowest BCUT2D eigenvalue weighted by Gasteiger charge is -2.41. The molecular weight excluding hydrogens is 316 g/mol. The fourth-order valence-electron chi connectivity index (χ4n) is 2.62. The molecule has 24 heavy (non-hydrogen) atoms. The molecule has 0 saturated carbocycles. The van der Waals surface area contributed by atoms with Gasteiger partial charge in [0, 0.05) is 30.0 Å². The molecule has 0 fully saturated rings. The Morgan fingerprint density at radius 1 is 1.33 bits per heavy atom. The molecule has 0 spiro atoms. The standard InChI is InChI=1S/C16H16N2O6/c1-16(2)15(20)14(23-10-5-6-17-13(19)8-10)11-7-9(18(21)22)3-4-12(11)24-16/h3-8,14-15,20H,1-2H3,(H,17,19)/t14-,15+/m1/s1. The second kappa shape index (κ2) is 5.64. The van der Waals surface area contributed by atoms with Gasteiger partial charge in [-0.25, -0.2) is 0 Å². The summed E-state index contributed by atoms with van der Waals surface area (Å²) in [5.41, 5.74) is -1.10. The summed E-state index contributed by atoms with van der Waals surface area (Å²) in [5, 5.41) is 21.6. The maximum Gasteiger partial charge on any atom is 0.270 e. The molecule has 0 bridgehead atoms. The molecule has 0 aliphatic carbocycles. The summed E-state index contributed by atoms with van der Waals surface area (Å²) in [4.78, 5) is 24.4. The zero-order valence-electron chi connectivity index (χ0n) is 13.1. The number of nitrogens with one attached hydrogen (secondary N) is 1. The summed E-state index contributed by atoms with van der Waals surface area (Å²) in [7, 11) is 0. The van der Waals surface area contributed by atoms with E-state index in [2.05, 4.69) is 4.98 Å². The zero-order chi connectivity index (χ0) is 17.5. The van der Waals surface area contributed by atoms with Crippen LogP contribution >= 0.6 is 0 Å². The molecular formula is C16H16N2O6. The highest BCUT2D eigenvalue weighted by Crippen LogP contribution is 2.43. The molecule has 2 N–H and O–H groups in total. The number of hydrogen-bond acceptors (Lipinski definition) is 6. The molecule has 1 aliphatic rings. The number of ether oxygens (including phenoxy) is 2. The maximum atomic E-state index is 11.4. The average Bonchev–Trinajstić information content (AvgIpc) is 2.51. The van der Waals surface area contributed by atoms with Crippen molar-refractivity contribution in [3.63, 3.8) is 0 Å². The Morgan fingerprint density at radius 2 is 2.08 bits per heavy atom. The SMILES string of the molecule is CC1(C)Oc2ccc([N+](=O)[O-])cc2[C@@H](Oc2cc[nH]c(=O)c2)[C@@H]1O. The molecule has 126 valence electrons. The van der Waals surface area contributed by atoms with Gasteiger partial charge in [0.15, 0.2) is 6.10 Å². The largest absolute Gasteiger partial charge is 0.485 e. The molecule has 0 saturated heterocycles. The molecule has 2 heterocycles. The first-order valence-corrected chi connectivity index (χ1v) is 7.29. The average molecular weight is 332 g/mol. The normalized spacial score (nSPS) is 21.5. The van der Waals surface area contributed by atoms with Gasteiger partial charge in [0.1, 0.15) is 23.2 Å². The molecule has 1 aromatic carbocycles. The molecule has 8 heteroatoms. The molecule has 3 rings (SSSR count). The van der Waals surface area contributed by atoms with Crippen molar-refractivity contribution in [3.8, 4) is 11.5 Å². The van der Waals surface area contributed by atoms with Crippen LogP contribution in [0.4, 0.5) is 5.69 Å². The number of fused-ring (bicyclic) bond motifs is 1. The number of non-ortho nitro benzene ring substituents is 1. The van der Waals surface area contributed by atoms with Gasteiger partial charge in [0.05, 0.1) is 4.92 Å². The summed E-state index contributed by atoms with van der Waals surface area (Å²) >= 11 is 0. The molecule has 2 atom stereocenters. The number of aromatic amines is 1. The minimum Gasteiger partial charge on any atom is -0.485 e. The highest BCUT2D eigenvalue weighted by Gasteiger charge is 2.45. The first-order valence-electron chi connectivity index (χ1n) is 7.29. The fraction of sp³-hybridized carbons (Fsp3) is 0.312. The number of nitro groups is 1. The highest BCUT2D eigenvalue weighted by molar-refractivity contribution is 5.47. The van der Waals surface area contributed by atoms with Crippen LogP contribution in [-0.4, -0.2) is 26.7 Å². The molecule has 0 radical (unpaired) electrons. The third kappa shape index (κ3) is 2.83. The topological polar surface area (TPSA) is 115 Å². The van der Waals surface area contributed by atoms with Gasteiger partial charge >= 0.3 is 0 Å². The quantitative estimate of drug-likeness (QED) is 0.655. The first kappa shape index (κ1) is 16.0. The van der Waals surface area contributed by atoms with Crippen LogP contribution in [-0.2, 0) is 0 Å². The number of hydrogen-bond donors (Lipinski definition) is 2. The van der Waals surface area contributed by atoms with Crippen LogP contribution in [0.3, 0.4) is 0 Å². The van der Waals surface area contributed by atoms with E-state index in [0.29, 0.717) is 11.3 Å². The van der Waals surface area contributed by atoms with Crippen LogP contribution in [0.5, 0.6) is 11.5 Å².